The molecule has 17 heavy (non-hydrogen) atoms. The molecule has 94 valence electrons. The number of nitrogens with zero attached hydrogens (tertiary/aromatic N) is 1. The van der Waals surface area contributed by atoms with Crippen molar-refractivity contribution in [1.29, 1.82) is 0 Å². The highest BCUT2D eigenvalue weighted by molar-refractivity contribution is 5.46. The predicted molar refractivity (Wildman–Crippen MR) is 67.4 cm³/mol. The highest BCUT2D eigenvalue weighted by Crippen LogP contribution is 2.33. The van der Waals surface area contributed by atoms with Gasteiger partial charge in [-0.2, -0.15) is 0 Å². The van der Waals surface area contributed by atoms with E-state index in [4.69, 9.17) is 15.2 Å². The summed E-state index contributed by atoms with van der Waals surface area (Å²) in [7, 11) is 1.68. The van der Waals surface area contributed by atoms with Crippen LogP contribution in [0.5, 0.6) is 11.5 Å². The Morgan fingerprint density at radius 3 is 3.12 bits per heavy atom. The molecule has 0 atom stereocenters. The third-order valence-corrected chi connectivity index (χ3v) is 3.01. The number of nitrogens with two attached hydrogens (primary N) is 1. The number of methoxy groups -OCH3 is 1. The molecule has 4 heteroatoms. The summed E-state index contributed by atoms with van der Waals surface area (Å²) < 4.78 is 11.1. The molecule has 1 heterocycles. The first kappa shape index (κ1) is 12.2. The van der Waals surface area contributed by atoms with E-state index in [1.165, 1.54) is 5.56 Å². The van der Waals surface area contributed by atoms with Gasteiger partial charge in [0.2, 0.25) is 0 Å². The van der Waals surface area contributed by atoms with Gasteiger partial charge >= 0.3 is 0 Å². The molecule has 4 nitrogen and oxygen atoms in total. The lowest BCUT2D eigenvalue weighted by Gasteiger charge is -2.18. The lowest BCUT2D eigenvalue weighted by Crippen LogP contribution is -2.28. The summed E-state index contributed by atoms with van der Waals surface area (Å²) in [6.45, 7) is 4.32. The van der Waals surface area contributed by atoms with E-state index in [0.717, 1.165) is 44.1 Å². The molecule has 0 saturated carbocycles. The fourth-order valence-corrected chi connectivity index (χ4v) is 2.11. The van der Waals surface area contributed by atoms with E-state index in [9.17, 15) is 0 Å². The van der Waals surface area contributed by atoms with Crippen molar-refractivity contribution in [3.05, 3.63) is 23.8 Å². The van der Waals surface area contributed by atoms with E-state index in [-0.39, 0.29) is 0 Å². The molecule has 0 spiro atoms. The van der Waals surface area contributed by atoms with E-state index in [0.29, 0.717) is 6.61 Å². The van der Waals surface area contributed by atoms with Crippen molar-refractivity contribution in [3.63, 3.8) is 0 Å². The predicted octanol–water partition coefficient (Wildman–Crippen LogP) is 1.24. The Labute approximate surface area is 102 Å². The zero-order valence-electron chi connectivity index (χ0n) is 10.3. The van der Waals surface area contributed by atoms with Crippen LogP contribution < -0.4 is 15.2 Å². The van der Waals surface area contributed by atoms with Crippen LogP contribution in [0.25, 0.3) is 0 Å². The molecular formula is C13H20N2O2. The van der Waals surface area contributed by atoms with Crippen molar-refractivity contribution in [2.75, 3.05) is 33.4 Å². The Morgan fingerprint density at radius 1 is 1.47 bits per heavy atom. The lowest BCUT2D eigenvalue weighted by atomic mass is 10.1. The molecule has 0 aromatic heterocycles. The first-order chi connectivity index (χ1) is 8.35. The zero-order chi connectivity index (χ0) is 12.1. The molecule has 0 bridgehead atoms. The van der Waals surface area contributed by atoms with Crippen molar-refractivity contribution in [1.82, 2.24) is 4.90 Å². The van der Waals surface area contributed by atoms with Gasteiger partial charge in [0.05, 0.1) is 7.11 Å². The van der Waals surface area contributed by atoms with Gasteiger partial charge in [-0.3, -0.25) is 4.90 Å². The van der Waals surface area contributed by atoms with Gasteiger partial charge in [-0.05, 0) is 25.6 Å². The summed E-state index contributed by atoms with van der Waals surface area (Å²) in [6.07, 6.45) is 1.03. The molecule has 0 amide bonds. The second-order valence-electron chi connectivity index (χ2n) is 4.22. The minimum absolute atomic E-state index is 0.706. The Balaban J connectivity index is 2.14. The van der Waals surface area contributed by atoms with E-state index in [2.05, 4.69) is 11.0 Å². The standard InChI is InChI=1S/C13H20N2O2/c1-16-12-5-2-4-11-10-15(7-3-6-14)8-9-17-13(11)12/h2,4-5H,3,6-10,14H2,1H3. The van der Waals surface area contributed by atoms with Crippen molar-refractivity contribution in [2.24, 2.45) is 5.73 Å². The van der Waals surface area contributed by atoms with Crippen molar-refractivity contribution >= 4 is 0 Å². The Bertz CT molecular complexity index is 368. The van der Waals surface area contributed by atoms with Gasteiger partial charge in [-0.25, -0.2) is 0 Å². The highest BCUT2D eigenvalue weighted by atomic mass is 16.5. The van der Waals surface area contributed by atoms with E-state index >= 15 is 0 Å². The number of para-hydroxylation sites is 1. The van der Waals surface area contributed by atoms with Gasteiger partial charge in [0.1, 0.15) is 6.61 Å². The topological polar surface area (TPSA) is 47.7 Å². The van der Waals surface area contributed by atoms with Crippen LogP contribution in [-0.2, 0) is 6.54 Å². The van der Waals surface area contributed by atoms with Gasteiger partial charge in [0.25, 0.3) is 0 Å². The Hall–Kier alpha value is -1.26. The summed E-state index contributed by atoms with van der Waals surface area (Å²) in [5.41, 5.74) is 6.74. The van der Waals surface area contributed by atoms with E-state index in [1.807, 2.05) is 12.1 Å². The smallest absolute Gasteiger partial charge is 0.165 e. The lowest BCUT2D eigenvalue weighted by molar-refractivity contribution is 0.222. The molecular weight excluding hydrogens is 216 g/mol. The van der Waals surface area contributed by atoms with Gasteiger partial charge in [0, 0.05) is 18.7 Å². The van der Waals surface area contributed by atoms with Crippen LogP contribution in [-0.4, -0.2) is 38.3 Å². The van der Waals surface area contributed by atoms with Crippen molar-refractivity contribution in [3.8, 4) is 11.5 Å². The van der Waals surface area contributed by atoms with Gasteiger partial charge in [0.15, 0.2) is 11.5 Å². The normalized spacial score (nSPS) is 15.9. The van der Waals surface area contributed by atoms with Gasteiger partial charge < -0.3 is 15.2 Å². The third-order valence-electron chi connectivity index (χ3n) is 3.01. The zero-order valence-corrected chi connectivity index (χ0v) is 10.3. The molecule has 0 unspecified atom stereocenters. The average Bonchev–Trinajstić information content (AvgIpc) is 2.57. The summed E-state index contributed by atoms with van der Waals surface area (Å²) in [6, 6.07) is 6.04. The summed E-state index contributed by atoms with van der Waals surface area (Å²) >= 11 is 0. The van der Waals surface area contributed by atoms with E-state index in [1.54, 1.807) is 7.11 Å². The minimum Gasteiger partial charge on any atom is -0.493 e. The largest absolute Gasteiger partial charge is 0.493 e. The summed E-state index contributed by atoms with van der Waals surface area (Å²) in [5.74, 6) is 1.72. The van der Waals surface area contributed by atoms with Crippen LogP contribution in [0.1, 0.15) is 12.0 Å². The first-order valence-corrected chi connectivity index (χ1v) is 6.06. The van der Waals surface area contributed by atoms with Crippen LogP contribution in [0.3, 0.4) is 0 Å². The maximum atomic E-state index is 5.78. The molecule has 1 aliphatic rings. The molecule has 1 aromatic carbocycles. The molecule has 0 radical (unpaired) electrons. The van der Waals surface area contributed by atoms with E-state index < -0.39 is 0 Å². The van der Waals surface area contributed by atoms with Crippen LogP contribution in [0.2, 0.25) is 0 Å². The number of benzene rings is 1. The molecule has 0 saturated heterocycles. The number of fused-ring (bicyclic) bond motifs is 1. The maximum absolute atomic E-state index is 5.78. The maximum Gasteiger partial charge on any atom is 0.165 e. The molecule has 1 aliphatic heterocycles. The van der Waals surface area contributed by atoms with Crippen molar-refractivity contribution < 1.29 is 9.47 Å². The van der Waals surface area contributed by atoms with Crippen LogP contribution >= 0.6 is 0 Å². The van der Waals surface area contributed by atoms with Crippen LogP contribution in [0.15, 0.2) is 18.2 Å². The number of rotatable bonds is 4. The SMILES string of the molecule is COc1cccc2c1OCCN(CCCN)C2. The third kappa shape index (κ3) is 2.90. The molecule has 0 fully saturated rings. The Kier molecular flexibility index (Phi) is 4.23. The molecule has 2 N–H and O–H groups in total. The molecule has 0 aliphatic carbocycles. The second-order valence-corrected chi connectivity index (χ2v) is 4.22. The van der Waals surface area contributed by atoms with Crippen LogP contribution in [0, 0.1) is 0 Å². The number of ether oxygens (including phenoxy) is 2. The molecule has 2 rings (SSSR count). The molecule has 1 aromatic rings. The fraction of sp³-hybridized carbons (Fsp3) is 0.538. The Morgan fingerprint density at radius 2 is 2.35 bits per heavy atom. The van der Waals surface area contributed by atoms with Gasteiger partial charge in [-0.15, -0.1) is 0 Å². The number of hydrogen-bond donors (Lipinski definition) is 1. The minimum atomic E-state index is 0.706. The first-order valence-electron chi connectivity index (χ1n) is 6.06. The van der Waals surface area contributed by atoms with Crippen molar-refractivity contribution in [2.45, 2.75) is 13.0 Å². The summed E-state index contributed by atoms with van der Waals surface area (Å²) in [5, 5.41) is 0. The average molecular weight is 236 g/mol. The highest BCUT2D eigenvalue weighted by Gasteiger charge is 2.17. The van der Waals surface area contributed by atoms with Gasteiger partial charge in [-0.1, -0.05) is 12.1 Å². The monoisotopic (exact) mass is 236 g/mol. The number of hydrogen-bond acceptors (Lipinski definition) is 4. The second kappa shape index (κ2) is 5.89. The van der Waals surface area contributed by atoms with Crippen LogP contribution in [0.4, 0.5) is 0 Å². The fourth-order valence-electron chi connectivity index (χ4n) is 2.11. The quantitative estimate of drug-likeness (QED) is 0.854. The summed E-state index contributed by atoms with van der Waals surface area (Å²) in [4.78, 5) is 2.37.